The monoisotopic (exact) mass is 271 g/mol. The molecule has 102 valence electrons. The highest BCUT2D eigenvalue weighted by atomic mass is 35.5. The van der Waals surface area contributed by atoms with Crippen molar-refractivity contribution in [2.24, 2.45) is 0 Å². The topological polar surface area (TPSA) is 38.2 Å². The van der Waals surface area contributed by atoms with E-state index in [1.165, 1.54) is 0 Å². The number of aromatic nitrogens is 2. The highest BCUT2D eigenvalue weighted by Crippen LogP contribution is 2.17. The number of halogens is 1. The molecule has 1 rings (SSSR count). The van der Waals surface area contributed by atoms with E-state index in [0.717, 1.165) is 25.2 Å². The molecule has 1 heterocycles. The molecule has 0 spiro atoms. The van der Waals surface area contributed by atoms with E-state index in [-0.39, 0.29) is 6.10 Å². The van der Waals surface area contributed by atoms with Gasteiger partial charge < -0.3 is 9.64 Å². The highest BCUT2D eigenvalue weighted by molar-refractivity contribution is 6.18. The minimum absolute atomic E-state index is 0.111. The van der Waals surface area contributed by atoms with Gasteiger partial charge in [0.1, 0.15) is 0 Å². The summed E-state index contributed by atoms with van der Waals surface area (Å²) in [5.41, 5.74) is 0.909. The Morgan fingerprint density at radius 1 is 1.33 bits per heavy atom. The van der Waals surface area contributed by atoms with E-state index in [9.17, 15) is 0 Å². The maximum absolute atomic E-state index is 5.82. The molecule has 0 aliphatic carbocycles. The molecule has 0 fully saturated rings. The van der Waals surface area contributed by atoms with Crippen LogP contribution >= 0.6 is 11.6 Å². The Kier molecular flexibility index (Phi) is 6.19. The second-order valence-electron chi connectivity index (χ2n) is 4.49. The van der Waals surface area contributed by atoms with Crippen molar-refractivity contribution in [2.45, 2.75) is 40.2 Å². The lowest BCUT2D eigenvalue weighted by Gasteiger charge is -2.22. The minimum atomic E-state index is 0.111. The molecule has 0 aliphatic heterocycles. The maximum atomic E-state index is 5.82. The summed E-state index contributed by atoms with van der Waals surface area (Å²) in [6.07, 6.45) is 1.15. The van der Waals surface area contributed by atoms with E-state index in [1.54, 1.807) is 0 Å². The lowest BCUT2D eigenvalue weighted by atomic mass is 10.4. The summed E-state index contributed by atoms with van der Waals surface area (Å²) in [5.74, 6) is 1.90. The molecule has 1 aromatic rings. The Bertz CT molecular complexity index is 365. The molecule has 1 aromatic heterocycles. The molecule has 5 heteroatoms. The van der Waals surface area contributed by atoms with Crippen molar-refractivity contribution >= 4 is 17.5 Å². The zero-order valence-electron chi connectivity index (χ0n) is 11.6. The zero-order chi connectivity index (χ0) is 13.5. The van der Waals surface area contributed by atoms with Crippen LogP contribution in [0.4, 0.5) is 5.95 Å². The fourth-order valence-corrected chi connectivity index (χ4v) is 1.86. The molecule has 0 bridgehead atoms. The molecule has 0 N–H and O–H groups in total. The van der Waals surface area contributed by atoms with E-state index < -0.39 is 0 Å². The predicted octanol–water partition coefficient (Wildman–Crippen LogP) is 3.03. The van der Waals surface area contributed by atoms with E-state index in [0.29, 0.717) is 17.7 Å². The molecule has 0 radical (unpaired) electrons. The third-order valence-electron chi connectivity index (χ3n) is 2.31. The largest absolute Gasteiger partial charge is 0.475 e. The van der Waals surface area contributed by atoms with Gasteiger partial charge >= 0.3 is 0 Å². The van der Waals surface area contributed by atoms with Crippen LogP contribution in [0.3, 0.4) is 0 Å². The molecule has 0 saturated heterocycles. The summed E-state index contributed by atoms with van der Waals surface area (Å²) >= 11 is 5.82. The van der Waals surface area contributed by atoms with Crippen LogP contribution in [0.5, 0.6) is 5.88 Å². The lowest BCUT2D eigenvalue weighted by Crippen LogP contribution is -2.28. The van der Waals surface area contributed by atoms with Crippen LogP contribution in [-0.4, -0.2) is 35.0 Å². The van der Waals surface area contributed by atoms with Gasteiger partial charge in [0.05, 0.1) is 6.10 Å². The average molecular weight is 272 g/mol. The predicted molar refractivity (Wildman–Crippen MR) is 75.8 cm³/mol. The van der Waals surface area contributed by atoms with Gasteiger partial charge in [-0.25, -0.2) is 4.98 Å². The third-order valence-corrected chi connectivity index (χ3v) is 2.48. The van der Waals surface area contributed by atoms with Crippen molar-refractivity contribution in [1.29, 1.82) is 0 Å². The first-order valence-corrected chi connectivity index (χ1v) is 6.93. The van der Waals surface area contributed by atoms with Crippen molar-refractivity contribution in [3.63, 3.8) is 0 Å². The van der Waals surface area contributed by atoms with Crippen molar-refractivity contribution in [3.05, 3.63) is 11.8 Å². The van der Waals surface area contributed by atoms with E-state index in [1.807, 2.05) is 26.8 Å². The number of ether oxygens (including phenoxy) is 1. The SMILES string of the molecule is CCCN(CCCl)c1nc(C)cc(OC(C)C)n1. The fourth-order valence-electron chi connectivity index (χ4n) is 1.65. The highest BCUT2D eigenvalue weighted by Gasteiger charge is 2.11. The Labute approximate surface area is 114 Å². The summed E-state index contributed by atoms with van der Waals surface area (Å²) in [6.45, 7) is 9.70. The number of anilines is 1. The molecule has 0 amide bonds. The number of alkyl halides is 1. The standard InChI is InChI=1S/C13H22ClN3O/c1-5-7-17(8-6-14)13-15-11(4)9-12(16-13)18-10(2)3/h9-10H,5-8H2,1-4H3. The number of hydrogen-bond donors (Lipinski definition) is 0. The van der Waals surface area contributed by atoms with Gasteiger partial charge in [-0.05, 0) is 27.2 Å². The van der Waals surface area contributed by atoms with Gasteiger partial charge in [-0.1, -0.05) is 6.92 Å². The molecule has 0 atom stereocenters. The second-order valence-corrected chi connectivity index (χ2v) is 4.87. The first-order chi connectivity index (χ1) is 8.56. The second kappa shape index (κ2) is 7.41. The summed E-state index contributed by atoms with van der Waals surface area (Å²) in [5, 5.41) is 0. The van der Waals surface area contributed by atoms with Gasteiger partial charge in [0.25, 0.3) is 0 Å². The van der Waals surface area contributed by atoms with Gasteiger partial charge in [-0.3, -0.25) is 0 Å². The lowest BCUT2D eigenvalue weighted by molar-refractivity contribution is 0.232. The molecule has 4 nitrogen and oxygen atoms in total. The van der Waals surface area contributed by atoms with E-state index in [4.69, 9.17) is 16.3 Å². The van der Waals surface area contributed by atoms with Crippen molar-refractivity contribution < 1.29 is 4.74 Å². The van der Waals surface area contributed by atoms with Gasteiger partial charge in [0, 0.05) is 30.7 Å². The summed E-state index contributed by atoms with van der Waals surface area (Å²) in [6, 6.07) is 1.86. The van der Waals surface area contributed by atoms with Crippen molar-refractivity contribution in [2.75, 3.05) is 23.9 Å². The Balaban J connectivity index is 2.94. The van der Waals surface area contributed by atoms with Crippen LogP contribution < -0.4 is 9.64 Å². The summed E-state index contributed by atoms with van der Waals surface area (Å²) in [7, 11) is 0. The fraction of sp³-hybridized carbons (Fsp3) is 0.692. The Morgan fingerprint density at radius 3 is 2.61 bits per heavy atom. The molecule has 0 saturated carbocycles. The smallest absolute Gasteiger partial charge is 0.228 e. The van der Waals surface area contributed by atoms with E-state index in [2.05, 4.69) is 21.8 Å². The zero-order valence-corrected chi connectivity index (χ0v) is 12.4. The van der Waals surface area contributed by atoms with Gasteiger partial charge in [0.2, 0.25) is 11.8 Å². The maximum Gasteiger partial charge on any atom is 0.228 e. The van der Waals surface area contributed by atoms with Crippen LogP contribution in [-0.2, 0) is 0 Å². The first-order valence-electron chi connectivity index (χ1n) is 6.40. The Morgan fingerprint density at radius 2 is 2.06 bits per heavy atom. The quantitative estimate of drug-likeness (QED) is 0.715. The summed E-state index contributed by atoms with van der Waals surface area (Å²) < 4.78 is 5.63. The third kappa shape index (κ3) is 4.69. The van der Waals surface area contributed by atoms with Crippen LogP contribution in [0.1, 0.15) is 32.9 Å². The van der Waals surface area contributed by atoms with Crippen LogP contribution in [0.2, 0.25) is 0 Å². The number of aryl methyl sites for hydroxylation is 1. The first kappa shape index (κ1) is 15.0. The van der Waals surface area contributed by atoms with Crippen molar-refractivity contribution in [3.8, 4) is 5.88 Å². The normalized spacial score (nSPS) is 10.8. The summed E-state index contributed by atoms with van der Waals surface area (Å²) in [4.78, 5) is 11.0. The molecular formula is C13H22ClN3O. The minimum Gasteiger partial charge on any atom is -0.475 e. The van der Waals surface area contributed by atoms with Gasteiger partial charge in [0.15, 0.2) is 0 Å². The van der Waals surface area contributed by atoms with E-state index >= 15 is 0 Å². The Hall–Kier alpha value is -1.03. The van der Waals surface area contributed by atoms with Crippen molar-refractivity contribution in [1.82, 2.24) is 9.97 Å². The van der Waals surface area contributed by atoms with Gasteiger partial charge in [-0.15, -0.1) is 11.6 Å². The van der Waals surface area contributed by atoms with Crippen LogP contribution in [0, 0.1) is 6.92 Å². The molecule has 0 aromatic carbocycles. The molecular weight excluding hydrogens is 250 g/mol. The number of hydrogen-bond acceptors (Lipinski definition) is 4. The van der Waals surface area contributed by atoms with Crippen LogP contribution in [0.25, 0.3) is 0 Å². The number of rotatable bonds is 7. The molecule has 18 heavy (non-hydrogen) atoms. The molecule has 0 aliphatic rings. The molecule has 0 unspecified atom stereocenters. The number of nitrogens with zero attached hydrogens (tertiary/aromatic N) is 3. The van der Waals surface area contributed by atoms with Gasteiger partial charge in [-0.2, -0.15) is 4.98 Å². The van der Waals surface area contributed by atoms with Crippen LogP contribution in [0.15, 0.2) is 6.07 Å². The average Bonchev–Trinajstić information content (AvgIpc) is 2.27.